The highest BCUT2D eigenvalue weighted by Crippen LogP contribution is 2.26. The molecule has 3 aromatic rings. The maximum Gasteiger partial charge on any atom is 0.248 e. The quantitative estimate of drug-likeness (QED) is 0.684. The summed E-state index contributed by atoms with van der Waals surface area (Å²) < 4.78 is 5.49. The molecule has 1 aliphatic rings. The third kappa shape index (κ3) is 3.68. The van der Waals surface area contributed by atoms with Crippen LogP contribution in [0.4, 0.5) is 5.69 Å². The van der Waals surface area contributed by atoms with Crippen LogP contribution in [-0.2, 0) is 11.2 Å². The van der Waals surface area contributed by atoms with Crippen LogP contribution in [0.5, 0.6) is 5.75 Å². The molecule has 0 unspecified atom stereocenters. The number of fused-ring (bicyclic) bond motifs is 1. The van der Waals surface area contributed by atoms with Gasteiger partial charge in [-0.2, -0.15) is 0 Å². The molecule has 0 saturated carbocycles. The number of amides is 1. The van der Waals surface area contributed by atoms with Crippen molar-refractivity contribution in [1.29, 1.82) is 0 Å². The van der Waals surface area contributed by atoms with Gasteiger partial charge in [-0.05, 0) is 48.4 Å². The van der Waals surface area contributed by atoms with Crippen molar-refractivity contribution in [2.45, 2.75) is 13.3 Å². The Morgan fingerprint density at radius 1 is 1.23 bits per heavy atom. The van der Waals surface area contributed by atoms with Gasteiger partial charge in [0.15, 0.2) is 0 Å². The number of rotatable bonds is 4. The maximum atomic E-state index is 12.1. The molecule has 1 aliphatic heterocycles. The molecule has 130 valence electrons. The van der Waals surface area contributed by atoms with Crippen LogP contribution in [0, 0.1) is 6.92 Å². The van der Waals surface area contributed by atoms with Crippen molar-refractivity contribution in [3.8, 4) is 17.0 Å². The Hall–Kier alpha value is -2.92. The third-order valence-corrected chi connectivity index (χ3v) is 4.98. The number of nitrogens with zero attached hydrogens (tertiary/aromatic N) is 1. The van der Waals surface area contributed by atoms with Gasteiger partial charge in [-0.3, -0.25) is 4.79 Å². The summed E-state index contributed by atoms with van der Waals surface area (Å²) in [5.74, 6) is 0.793. The van der Waals surface area contributed by atoms with E-state index in [2.05, 4.69) is 16.4 Å². The van der Waals surface area contributed by atoms with E-state index in [9.17, 15) is 4.79 Å². The van der Waals surface area contributed by atoms with Crippen LogP contribution >= 0.6 is 11.3 Å². The van der Waals surface area contributed by atoms with Gasteiger partial charge in [0.25, 0.3) is 0 Å². The summed E-state index contributed by atoms with van der Waals surface area (Å²) in [7, 11) is 0. The summed E-state index contributed by atoms with van der Waals surface area (Å²) in [6, 6.07) is 13.7. The van der Waals surface area contributed by atoms with Crippen molar-refractivity contribution in [3.05, 3.63) is 70.1 Å². The topological polar surface area (TPSA) is 51.2 Å². The van der Waals surface area contributed by atoms with Gasteiger partial charge in [-0.1, -0.05) is 18.2 Å². The number of nitrogens with one attached hydrogen (secondary N) is 1. The molecule has 4 nitrogen and oxygen atoms in total. The minimum Gasteiger partial charge on any atom is -0.493 e. The minimum absolute atomic E-state index is 0.154. The molecule has 2 aromatic carbocycles. The van der Waals surface area contributed by atoms with Gasteiger partial charge in [0.05, 0.1) is 17.3 Å². The molecule has 2 heterocycles. The number of hydrogen-bond acceptors (Lipinski definition) is 4. The predicted molar refractivity (Wildman–Crippen MR) is 106 cm³/mol. The fraction of sp³-hybridized carbons (Fsp3) is 0.143. The van der Waals surface area contributed by atoms with Crippen LogP contribution in [0.15, 0.2) is 53.9 Å². The first kappa shape index (κ1) is 16.5. The Balaban J connectivity index is 1.40. The van der Waals surface area contributed by atoms with E-state index < -0.39 is 0 Å². The summed E-state index contributed by atoms with van der Waals surface area (Å²) in [5, 5.41) is 5.96. The summed E-state index contributed by atoms with van der Waals surface area (Å²) in [4.78, 5) is 16.6. The predicted octanol–water partition coefficient (Wildman–Crippen LogP) is 4.71. The van der Waals surface area contributed by atoms with Crippen LogP contribution in [0.3, 0.4) is 0 Å². The zero-order valence-corrected chi connectivity index (χ0v) is 15.2. The molecule has 26 heavy (non-hydrogen) atoms. The molecule has 1 aromatic heterocycles. The number of aryl methyl sites for hydroxylation is 1. The average Bonchev–Trinajstić information content (AvgIpc) is 3.29. The van der Waals surface area contributed by atoms with Crippen molar-refractivity contribution in [1.82, 2.24) is 4.98 Å². The molecule has 0 saturated heterocycles. The Bertz CT molecular complexity index is 974. The summed E-state index contributed by atoms with van der Waals surface area (Å²) in [5.41, 5.74) is 4.96. The lowest BCUT2D eigenvalue weighted by atomic mass is 10.1. The van der Waals surface area contributed by atoms with E-state index in [0.717, 1.165) is 46.3 Å². The average molecular weight is 362 g/mol. The van der Waals surface area contributed by atoms with Crippen molar-refractivity contribution < 1.29 is 9.53 Å². The normalized spacial score (nSPS) is 12.8. The van der Waals surface area contributed by atoms with Crippen molar-refractivity contribution >= 4 is 29.0 Å². The van der Waals surface area contributed by atoms with E-state index in [-0.39, 0.29) is 5.91 Å². The summed E-state index contributed by atoms with van der Waals surface area (Å²) >= 11 is 1.63. The van der Waals surface area contributed by atoms with Gasteiger partial charge in [0, 0.05) is 29.1 Å². The van der Waals surface area contributed by atoms with Crippen molar-refractivity contribution in [2.24, 2.45) is 0 Å². The van der Waals surface area contributed by atoms with E-state index in [1.54, 1.807) is 17.4 Å². The number of carbonyl (C=O) groups excluding carboxylic acids is 1. The number of aromatic nitrogens is 1. The van der Waals surface area contributed by atoms with Gasteiger partial charge in [-0.25, -0.2) is 4.98 Å². The number of benzene rings is 2. The van der Waals surface area contributed by atoms with Crippen molar-refractivity contribution in [2.75, 3.05) is 11.9 Å². The van der Waals surface area contributed by atoms with Gasteiger partial charge >= 0.3 is 0 Å². The van der Waals surface area contributed by atoms with E-state index >= 15 is 0 Å². The Labute approximate surface area is 156 Å². The Morgan fingerprint density at radius 3 is 2.85 bits per heavy atom. The number of carbonyl (C=O) groups is 1. The first-order valence-electron chi connectivity index (χ1n) is 8.45. The fourth-order valence-corrected chi connectivity index (χ4v) is 3.51. The second-order valence-electron chi connectivity index (χ2n) is 6.12. The zero-order valence-electron chi connectivity index (χ0n) is 14.4. The third-order valence-electron chi connectivity index (χ3n) is 4.21. The largest absolute Gasteiger partial charge is 0.493 e. The second-order valence-corrected chi connectivity index (χ2v) is 7.18. The standard InChI is InChI=1S/C21H18N2O2S/c1-14-22-19(13-26-14)16-4-6-18(7-5-16)23-21(24)9-3-15-2-8-20-17(12-15)10-11-25-20/h2-9,12-13H,10-11H2,1H3,(H,23,24)/b9-3+. The van der Waals surface area contributed by atoms with E-state index in [1.807, 2.05) is 54.8 Å². The molecule has 0 atom stereocenters. The van der Waals surface area contributed by atoms with E-state index in [1.165, 1.54) is 5.56 Å². The number of anilines is 1. The molecule has 0 radical (unpaired) electrons. The van der Waals surface area contributed by atoms with Gasteiger partial charge in [0.1, 0.15) is 5.75 Å². The van der Waals surface area contributed by atoms with Gasteiger partial charge in [-0.15, -0.1) is 11.3 Å². The lowest BCUT2D eigenvalue weighted by Crippen LogP contribution is -2.07. The Kier molecular flexibility index (Phi) is 4.54. The lowest BCUT2D eigenvalue weighted by Gasteiger charge is -2.04. The molecule has 1 N–H and O–H groups in total. The van der Waals surface area contributed by atoms with Crippen LogP contribution in [0.25, 0.3) is 17.3 Å². The Morgan fingerprint density at radius 2 is 2.08 bits per heavy atom. The first-order chi connectivity index (χ1) is 12.7. The van der Waals surface area contributed by atoms with Crippen LogP contribution < -0.4 is 10.1 Å². The molecule has 0 fully saturated rings. The SMILES string of the molecule is Cc1nc(-c2ccc(NC(=O)/C=C/c3ccc4c(c3)CCO4)cc2)cs1. The molecular formula is C21H18N2O2S. The highest BCUT2D eigenvalue weighted by atomic mass is 32.1. The van der Waals surface area contributed by atoms with Crippen molar-refractivity contribution in [3.63, 3.8) is 0 Å². The van der Waals surface area contributed by atoms with Crippen LogP contribution in [0.2, 0.25) is 0 Å². The number of ether oxygens (including phenoxy) is 1. The summed E-state index contributed by atoms with van der Waals surface area (Å²) in [6.45, 7) is 2.72. The van der Waals surface area contributed by atoms with E-state index in [4.69, 9.17) is 4.74 Å². The van der Waals surface area contributed by atoms with Gasteiger partial charge in [0.2, 0.25) is 5.91 Å². The molecule has 0 bridgehead atoms. The second kappa shape index (κ2) is 7.14. The van der Waals surface area contributed by atoms with Crippen LogP contribution in [-0.4, -0.2) is 17.5 Å². The number of hydrogen-bond donors (Lipinski definition) is 1. The molecule has 0 spiro atoms. The van der Waals surface area contributed by atoms with E-state index in [0.29, 0.717) is 0 Å². The van der Waals surface area contributed by atoms with Gasteiger partial charge < -0.3 is 10.1 Å². The minimum atomic E-state index is -0.154. The highest BCUT2D eigenvalue weighted by Gasteiger charge is 2.11. The molecule has 1 amide bonds. The van der Waals surface area contributed by atoms with Crippen LogP contribution in [0.1, 0.15) is 16.1 Å². The monoisotopic (exact) mass is 362 g/mol. The highest BCUT2D eigenvalue weighted by molar-refractivity contribution is 7.09. The maximum absolute atomic E-state index is 12.1. The molecule has 0 aliphatic carbocycles. The smallest absolute Gasteiger partial charge is 0.248 e. The lowest BCUT2D eigenvalue weighted by molar-refractivity contribution is -0.111. The molecule has 5 heteroatoms. The zero-order chi connectivity index (χ0) is 17.9. The fourth-order valence-electron chi connectivity index (χ4n) is 2.89. The molecule has 4 rings (SSSR count). The first-order valence-corrected chi connectivity index (χ1v) is 9.33. The molecular weight excluding hydrogens is 344 g/mol. The number of thiazole rings is 1. The summed E-state index contributed by atoms with van der Waals surface area (Å²) in [6.07, 6.45) is 4.30.